The van der Waals surface area contributed by atoms with E-state index in [0.29, 0.717) is 5.56 Å². The van der Waals surface area contributed by atoms with Gasteiger partial charge in [0.1, 0.15) is 5.82 Å². The van der Waals surface area contributed by atoms with Crippen LogP contribution in [0.25, 0.3) is 0 Å². The lowest BCUT2D eigenvalue weighted by atomic mass is 10.1. The number of rotatable bonds is 4. The van der Waals surface area contributed by atoms with Gasteiger partial charge in [0.15, 0.2) is 0 Å². The van der Waals surface area contributed by atoms with Gasteiger partial charge in [0, 0.05) is 23.4 Å². The highest BCUT2D eigenvalue weighted by atomic mass is 19.1. The van der Waals surface area contributed by atoms with E-state index in [0.717, 1.165) is 17.8 Å². The van der Waals surface area contributed by atoms with Crippen LogP contribution in [0.3, 0.4) is 0 Å². The number of benzene rings is 1. The third-order valence-corrected chi connectivity index (χ3v) is 3.34. The molecule has 4 nitrogen and oxygen atoms in total. The van der Waals surface area contributed by atoms with Crippen LogP contribution in [0.1, 0.15) is 41.5 Å². The highest BCUT2D eigenvalue weighted by Gasteiger charge is 2.16. The first-order valence-electron chi connectivity index (χ1n) is 6.61. The van der Waals surface area contributed by atoms with Crippen molar-refractivity contribution < 1.29 is 9.18 Å². The second-order valence-corrected chi connectivity index (χ2v) is 4.71. The van der Waals surface area contributed by atoms with Crippen molar-refractivity contribution in [1.82, 2.24) is 15.1 Å². The number of amides is 1. The molecule has 0 spiro atoms. The summed E-state index contributed by atoms with van der Waals surface area (Å²) in [5, 5.41) is 7.11. The number of carbonyl (C=O) groups excluding carboxylic acids is 1. The molecule has 1 unspecified atom stereocenters. The Morgan fingerprint density at radius 3 is 2.85 bits per heavy atom. The summed E-state index contributed by atoms with van der Waals surface area (Å²) in [4.78, 5) is 12.1. The van der Waals surface area contributed by atoms with Gasteiger partial charge in [-0.3, -0.25) is 9.48 Å². The Kier molecular flexibility index (Phi) is 4.17. The van der Waals surface area contributed by atoms with Crippen molar-refractivity contribution in [1.29, 1.82) is 0 Å². The first-order chi connectivity index (χ1) is 9.52. The van der Waals surface area contributed by atoms with E-state index in [-0.39, 0.29) is 11.9 Å². The molecule has 0 saturated carbocycles. The zero-order valence-corrected chi connectivity index (χ0v) is 11.9. The van der Waals surface area contributed by atoms with Gasteiger partial charge in [-0.2, -0.15) is 5.10 Å². The maximum atomic E-state index is 13.1. The minimum atomic E-state index is -0.416. The van der Waals surface area contributed by atoms with E-state index in [1.807, 2.05) is 25.5 Å². The summed E-state index contributed by atoms with van der Waals surface area (Å²) in [5.74, 6) is -0.707. The molecule has 106 valence electrons. The zero-order valence-electron chi connectivity index (χ0n) is 11.9. The average Bonchev–Trinajstić information content (AvgIpc) is 2.79. The number of aryl methyl sites for hydroxylation is 1. The van der Waals surface area contributed by atoms with Gasteiger partial charge in [-0.05, 0) is 39.0 Å². The van der Waals surface area contributed by atoms with Crippen LogP contribution < -0.4 is 5.32 Å². The number of carbonyl (C=O) groups is 1. The first-order valence-corrected chi connectivity index (χ1v) is 6.61. The van der Waals surface area contributed by atoms with Crippen LogP contribution >= 0.6 is 0 Å². The van der Waals surface area contributed by atoms with Gasteiger partial charge in [0.25, 0.3) is 5.91 Å². The van der Waals surface area contributed by atoms with Gasteiger partial charge < -0.3 is 5.32 Å². The second-order valence-electron chi connectivity index (χ2n) is 4.71. The van der Waals surface area contributed by atoms with Gasteiger partial charge >= 0.3 is 0 Å². The van der Waals surface area contributed by atoms with Crippen LogP contribution in [0.4, 0.5) is 4.39 Å². The normalized spacial score (nSPS) is 12.2. The van der Waals surface area contributed by atoms with Crippen molar-refractivity contribution in [2.75, 3.05) is 0 Å². The molecule has 0 bridgehead atoms. The van der Waals surface area contributed by atoms with Crippen molar-refractivity contribution in [3.05, 3.63) is 53.1 Å². The number of hydrogen-bond acceptors (Lipinski definition) is 2. The van der Waals surface area contributed by atoms with Crippen LogP contribution in [0, 0.1) is 12.7 Å². The number of halogens is 1. The molecule has 1 N–H and O–H groups in total. The Balaban J connectivity index is 2.13. The summed E-state index contributed by atoms with van der Waals surface area (Å²) >= 11 is 0. The number of nitrogens with one attached hydrogen (secondary N) is 1. The molecule has 5 heteroatoms. The van der Waals surface area contributed by atoms with E-state index >= 15 is 0 Å². The second kappa shape index (κ2) is 5.86. The third-order valence-electron chi connectivity index (χ3n) is 3.34. The highest BCUT2D eigenvalue weighted by molar-refractivity contribution is 5.94. The van der Waals surface area contributed by atoms with Gasteiger partial charge in [-0.15, -0.1) is 0 Å². The molecule has 1 heterocycles. The van der Waals surface area contributed by atoms with E-state index in [1.165, 1.54) is 18.2 Å². The molecule has 20 heavy (non-hydrogen) atoms. The Morgan fingerprint density at radius 1 is 1.50 bits per heavy atom. The molecule has 1 aromatic carbocycles. The Hall–Kier alpha value is -2.17. The van der Waals surface area contributed by atoms with Crippen LogP contribution in [0.2, 0.25) is 0 Å². The van der Waals surface area contributed by atoms with Gasteiger partial charge in [0.05, 0.1) is 12.2 Å². The van der Waals surface area contributed by atoms with Crippen LogP contribution in [0.5, 0.6) is 0 Å². The quantitative estimate of drug-likeness (QED) is 0.932. The van der Waals surface area contributed by atoms with Crippen LogP contribution in [0.15, 0.2) is 30.5 Å². The fraction of sp³-hybridized carbons (Fsp3) is 0.333. The molecular formula is C15H18FN3O. The monoisotopic (exact) mass is 275 g/mol. The number of nitrogens with zero attached hydrogens (tertiary/aromatic N) is 2. The molecule has 0 aliphatic heterocycles. The Labute approximate surface area is 117 Å². The predicted octanol–water partition coefficient (Wildman–Crippen LogP) is 2.84. The van der Waals surface area contributed by atoms with E-state index < -0.39 is 5.82 Å². The summed E-state index contributed by atoms with van der Waals surface area (Å²) in [6.07, 6.45) is 1.76. The van der Waals surface area contributed by atoms with E-state index in [9.17, 15) is 9.18 Å². The van der Waals surface area contributed by atoms with Gasteiger partial charge in [-0.25, -0.2) is 4.39 Å². The van der Waals surface area contributed by atoms with Crippen molar-refractivity contribution in [3.63, 3.8) is 0 Å². The minimum Gasteiger partial charge on any atom is -0.345 e. The topological polar surface area (TPSA) is 46.9 Å². The summed E-state index contributed by atoms with van der Waals surface area (Å²) in [6, 6.07) is 5.48. The van der Waals surface area contributed by atoms with Gasteiger partial charge in [0.2, 0.25) is 0 Å². The lowest BCUT2D eigenvalue weighted by molar-refractivity contribution is 0.0939. The molecule has 0 aliphatic carbocycles. The standard InChI is InChI=1S/C15H18FN3O/c1-4-19-11(3)14(9-17-19)10(2)18-15(20)12-6-5-7-13(16)8-12/h5-10H,4H2,1-3H3,(H,18,20). The fourth-order valence-corrected chi connectivity index (χ4v) is 2.19. The highest BCUT2D eigenvalue weighted by Crippen LogP contribution is 2.17. The molecule has 1 aromatic heterocycles. The molecule has 1 atom stereocenters. The molecule has 1 amide bonds. The van der Waals surface area contributed by atoms with Crippen molar-refractivity contribution in [3.8, 4) is 0 Å². The maximum absolute atomic E-state index is 13.1. The molecule has 0 saturated heterocycles. The average molecular weight is 275 g/mol. The third kappa shape index (κ3) is 2.87. The van der Waals surface area contributed by atoms with E-state index in [1.54, 1.807) is 12.3 Å². The first kappa shape index (κ1) is 14.2. The van der Waals surface area contributed by atoms with Gasteiger partial charge in [-0.1, -0.05) is 6.07 Å². The van der Waals surface area contributed by atoms with Crippen molar-refractivity contribution >= 4 is 5.91 Å². The summed E-state index contributed by atoms with van der Waals surface area (Å²) in [7, 11) is 0. The Bertz CT molecular complexity index is 621. The molecule has 2 aromatic rings. The lowest BCUT2D eigenvalue weighted by Crippen LogP contribution is -2.27. The van der Waals surface area contributed by atoms with Crippen molar-refractivity contribution in [2.45, 2.75) is 33.4 Å². The largest absolute Gasteiger partial charge is 0.345 e. The van der Waals surface area contributed by atoms with E-state index in [2.05, 4.69) is 10.4 Å². The Morgan fingerprint density at radius 2 is 2.25 bits per heavy atom. The number of hydrogen-bond donors (Lipinski definition) is 1. The smallest absolute Gasteiger partial charge is 0.251 e. The molecule has 2 rings (SSSR count). The van der Waals surface area contributed by atoms with Crippen LogP contribution in [-0.2, 0) is 6.54 Å². The fourth-order valence-electron chi connectivity index (χ4n) is 2.19. The SMILES string of the molecule is CCn1ncc(C(C)NC(=O)c2cccc(F)c2)c1C. The zero-order chi connectivity index (χ0) is 14.7. The summed E-state index contributed by atoms with van der Waals surface area (Å²) in [6.45, 7) is 6.66. The van der Waals surface area contributed by atoms with E-state index in [4.69, 9.17) is 0 Å². The van der Waals surface area contributed by atoms with Crippen molar-refractivity contribution in [2.24, 2.45) is 0 Å². The molecule has 0 radical (unpaired) electrons. The molecular weight excluding hydrogens is 257 g/mol. The maximum Gasteiger partial charge on any atom is 0.251 e. The van der Waals surface area contributed by atoms with Crippen LogP contribution in [-0.4, -0.2) is 15.7 Å². The minimum absolute atomic E-state index is 0.175. The predicted molar refractivity (Wildman–Crippen MR) is 74.9 cm³/mol. The lowest BCUT2D eigenvalue weighted by Gasteiger charge is -2.14. The summed E-state index contributed by atoms with van der Waals surface area (Å²) < 4.78 is 15.0. The summed E-state index contributed by atoms with van der Waals surface area (Å²) in [5.41, 5.74) is 2.31. The molecule has 0 fully saturated rings. The number of aromatic nitrogens is 2. The molecule has 0 aliphatic rings.